The lowest BCUT2D eigenvalue weighted by molar-refractivity contribution is -0.136. The zero-order chi connectivity index (χ0) is 32.5. The van der Waals surface area contributed by atoms with Gasteiger partial charge in [0.05, 0.1) is 16.9 Å². The number of carbonyl (C=O) groups excluding carboxylic acids is 4. The van der Waals surface area contributed by atoms with Crippen molar-refractivity contribution in [1.82, 2.24) is 10.2 Å². The molecule has 2 aliphatic rings. The van der Waals surface area contributed by atoms with E-state index < -0.39 is 59.5 Å². The molecule has 1 unspecified atom stereocenters. The van der Waals surface area contributed by atoms with Crippen LogP contribution in [0.4, 0.5) is 23.7 Å². The molecule has 2 heterocycles. The van der Waals surface area contributed by atoms with Crippen LogP contribution < -0.4 is 20.1 Å². The van der Waals surface area contributed by atoms with E-state index in [1.807, 2.05) is 0 Å². The van der Waals surface area contributed by atoms with Gasteiger partial charge in [0.25, 0.3) is 5.91 Å². The molecule has 0 spiro atoms. The lowest BCUT2D eigenvalue weighted by Crippen LogP contribution is -2.52. The van der Waals surface area contributed by atoms with Crippen LogP contribution in [-0.4, -0.2) is 52.1 Å². The van der Waals surface area contributed by atoms with Crippen LogP contribution in [0.2, 0.25) is 0 Å². The van der Waals surface area contributed by atoms with Crippen molar-refractivity contribution in [2.24, 2.45) is 0 Å². The monoisotopic (exact) mass is 627 g/mol. The number of hydrogen-bond acceptors (Lipinski definition) is 8. The van der Waals surface area contributed by atoms with Gasteiger partial charge in [-0.05, 0) is 50.1 Å². The zero-order valence-electron chi connectivity index (χ0n) is 24.1. The number of imide groups is 1. The molecule has 5 rings (SSSR count). The summed E-state index contributed by atoms with van der Waals surface area (Å²) >= 11 is 0. The largest absolute Gasteiger partial charge is 0.489 e. The van der Waals surface area contributed by atoms with Gasteiger partial charge in [0.2, 0.25) is 11.8 Å². The number of amides is 4. The van der Waals surface area contributed by atoms with E-state index in [4.69, 9.17) is 14.2 Å². The standard InChI is InChI=1S/C31H28F3N3O8/c1-31(2,42)15-44-27-17(4-3-16-13-37(29(40)26(16)27)24-9-10-25(38)36-28(24)39)14-43-30(41)35-23-8-6-19(12-22(23)34)45-18-5-7-20(32)21(33)11-18/h3-8,11-12,24,42H,9-10,13-15H2,1-2H3,(H,35,41)(H,36,38,39). The lowest BCUT2D eigenvalue weighted by Gasteiger charge is -2.29. The Labute approximate surface area is 254 Å². The van der Waals surface area contributed by atoms with Crippen LogP contribution >= 0.6 is 0 Å². The summed E-state index contributed by atoms with van der Waals surface area (Å²) < 4.78 is 57.8. The average molecular weight is 628 g/mol. The van der Waals surface area contributed by atoms with E-state index in [1.54, 1.807) is 12.1 Å². The Balaban J connectivity index is 1.29. The van der Waals surface area contributed by atoms with Gasteiger partial charge < -0.3 is 24.2 Å². The van der Waals surface area contributed by atoms with E-state index in [9.17, 15) is 37.5 Å². The van der Waals surface area contributed by atoms with Gasteiger partial charge in [-0.2, -0.15) is 0 Å². The zero-order valence-corrected chi connectivity index (χ0v) is 24.1. The predicted octanol–water partition coefficient (Wildman–Crippen LogP) is 4.56. The highest BCUT2D eigenvalue weighted by Gasteiger charge is 2.41. The number of nitrogens with zero attached hydrogens (tertiary/aromatic N) is 1. The minimum atomic E-state index is -1.29. The van der Waals surface area contributed by atoms with Crippen molar-refractivity contribution < 1.29 is 51.7 Å². The van der Waals surface area contributed by atoms with Crippen molar-refractivity contribution in [3.05, 3.63) is 82.7 Å². The molecular formula is C31H28F3N3O8. The first-order valence-corrected chi connectivity index (χ1v) is 13.8. The molecule has 45 heavy (non-hydrogen) atoms. The summed E-state index contributed by atoms with van der Waals surface area (Å²) in [6.45, 7) is 2.44. The number of anilines is 1. The predicted molar refractivity (Wildman–Crippen MR) is 151 cm³/mol. The van der Waals surface area contributed by atoms with E-state index in [-0.39, 0.29) is 60.1 Å². The van der Waals surface area contributed by atoms with E-state index >= 15 is 0 Å². The maximum atomic E-state index is 14.7. The minimum absolute atomic E-state index is 0.0415. The molecule has 2 aliphatic heterocycles. The summed E-state index contributed by atoms with van der Waals surface area (Å²) in [7, 11) is 0. The second-order valence-electron chi connectivity index (χ2n) is 11.1. The van der Waals surface area contributed by atoms with Crippen LogP contribution in [0.25, 0.3) is 0 Å². The number of benzene rings is 3. The number of piperidine rings is 1. The fourth-order valence-corrected chi connectivity index (χ4v) is 4.82. The number of carbonyl (C=O) groups is 4. The molecular weight excluding hydrogens is 599 g/mol. The van der Waals surface area contributed by atoms with Crippen LogP contribution in [0, 0.1) is 17.5 Å². The Morgan fingerprint density at radius 3 is 2.40 bits per heavy atom. The fourth-order valence-electron chi connectivity index (χ4n) is 4.82. The third kappa shape index (κ3) is 7.17. The van der Waals surface area contributed by atoms with E-state index in [1.165, 1.54) is 30.9 Å². The Bertz CT molecular complexity index is 1690. The highest BCUT2D eigenvalue weighted by molar-refractivity contribution is 6.06. The SMILES string of the molecule is CC(C)(O)COc1c(COC(=O)Nc2ccc(Oc3ccc(F)c(F)c3)cc2F)ccc2c1C(=O)N(C1CCC(=O)NC1=O)C2. The van der Waals surface area contributed by atoms with Gasteiger partial charge in [0.1, 0.15) is 36.5 Å². The van der Waals surface area contributed by atoms with Crippen LogP contribution in [-0.2, 0) is 27.5 Å². The fraction of sp³-hybridized carbons (Fsp3) is 0.290. The first kappa shape index (κ1) is 31.3. The van der Waals surface area contributed by atoms with Crippen molar-refractivity contribution in [1.29, 1.82) is 0 Å². The van der Waals surface area contributed by atoms with Crippen LogP contribution in [0.15, 0.2) is 48.5 Å². The topological polar surface area (TPSA) is 144 Å². The molecule has 11 nitrogen and oxygen atoms in total. The Morgan fingerprint density at radius 2 is 1.73 bits per heavy atom. The van der Waals surface area contributed by atoms with Gasteiger partial charge in [0.15, 0.2) is 17.5 Å². The molecule has 0 saturated carbocycles. The molecule has 0 aliphatic carbocycles. The van der Waals surface area contributed by atoms with E-state index in [0.29, 0.717) is 5.56 Å². The molecule has 14 heteroatoms. The van der Waals surface area contributed by atoms with Gasteiger partial charge in [-0.25, -0.2) is 18.0 Å². The summed E-state index contributed by atoms with van der Waals surface area (Å²) in [5, 5.41) is 14.7. The number of aliphatic hydroxyl groups is 1. The Hall–Kier alpha value is -5.11. The highest BCUT2D eigenvalue weighted by Crippen LogP contribution is 2.37. The van der Waals surface area contributed by atoms with Gasteiger partial charge in [-0.3, -0.25) is 25.0 Å². The molecule has 3 aromatic carbocycles. The molecule has 3 N–H and O–H groups in total. The van der Waals surface area contributed by atoms with Crippen molar-refractivity contribution >= 4 is 29.5 Å². The molecule has 1 saturated heterocycles. The average Bonchev–Trinajstić information content (AvgIpc) is 3.30. The smallest absolute Gasteiger partial charge is 0.412 e. The highest BCUT2D eigenvalue weighted by atomic mass is 19.2. The second-order valence-corrected chi connectivity index (χ2v) is 11.1. The Kier molecular flexibility index (Phi) is 8.68. The number of nitrogens with one attached hydrogen (secondary N) is 2. The maximum Gasteiger partial charge on any atom is 0.412 e. The number of ether oxygens (including phenoxy) is 3. The van der Waals surface area contributed by atoms with E-state index in [2.05, 4.69) is 10.6 Å². The van der Waals surface area contributed by atoms with E-state index in [0.717, 1.165) is 24.3 Å². The maximum absolute atomic E-state index is 14.7. The van der Waals surface area contributed by atoms with Crippen LogP contribution in [0.1, 0.15) is 48.2 Å². The number of rotatable bonds is 9. The van der Waals surface area contributed by atoms with Crippen molar-refractivity contribution in [2.45, 2.75) is 51.5 Å². The van der Waals surface area contributed by atoms with Gasteiger partial charge in [-0.1, -0.05) is 12.1 Å². The number of hydrogen-bond donors (Lipinski definition) is 3. The van der Waals surface area contributed by atoms with Gasteiger partial charge >= 0.3 is 6.09 Å². The molecule has 4 amide bonds. The third-order valence-corrected chi connectivity index (χ3v) is 6.96. The second kappa shape index (κ2) is 12.5. The lowest BCUT2D eigenvalue weighted by atomic mass is 10.0. The molecule has 3 aromatic rings. The van der Waals surface area contributed by atoms with Crippen molar-refractivity contribution in [2.75, 3.05) is 11.9 Å². The first-order chi connectivity index (χ1) is 21.3. The van der Waals surface area contributed by atoms with Gasteiger partial charge in [-0.15, -0.1) is 0 Å². The van der Waals surface area contributed by atoms with Crippen molar-refractivity contribution in [3.8, 4) is 17.2 Å². The summed E-state index contributed by atoms with van der Waals surface area (Å²) in [6, 6.07) is 8.56. The molecule has 0 aromatic heterocycles. The Morgan fingerprint density at radius 1 is 1.02 bits per heavy atom. The summed E-state index contributed by atoms with van der Waals surface area (Å²) in [4.78, 5) is 51.5. The molecule has 1 atom stereocenters. The first-order valence-electron chi connectivity index (χ1n) is 13.8. The number of fused-ring (bicyclic) bond motifs is 1. The van der Waals surface area contributed by atoms with Crippen LogP contribution in [0.5, 0.6) is 17.2 Å². The summed E-state index contributed by atoms with van der Waals surface area (Å²) in [6.07, 6.45) is -0.805. The van der Waals surface area contributed by atoms with Gasteiger partial charge in [0, 0.05) is 30.7 Å². The molecule has 0 radical (unpaired) electrons. The molecule has 0 bridgehead atoms. The van der Waals surface area contributed by atoms with Crippen molar-refractivity contribution in [3.63, 3.8) is 0 Å². The third-order valence-electron chi connectivity index (χ3n) is 6.96. The number of halogens is 3. The summed E-state index contributed by atoms with van der Waals surface area (Å²) in [5.41, 5.74) is -0.617. The van der Waals surface area contributed by atoms with Crippen LogP contribution in [0.3, 0.4) is 0 Å². The minimum Gasteiger partial charge on any atom is -0.489 e. The summed E-state index contributed by atoms with van der Waals surface area (Å²) in [5.74, 6) is -4.69. The molecule has 236 valence electrons. The molecule has 1 fully saturated rings. The normalized spacial score (nSPS) is 16.3. The quantitative estimate of drug-likeness (QED) is 0.293.